The van der Waals surface area contributed by atoms with Gasteiger partial charge in [0.1, 0.15) is 5.82 Å². The van der Waals surface area contributed by atoms with Crippen molar-refractivity contribution in [3.63, 3.8) is 0 Å². The monoisotopic (exact) mass is 280 g/mol. The molecule has 0 aliphatic heterocycles. The molecule has 0 unspecified atom stereocenters. The van der Waals surface area contributed by atoms with Crippen molar-refractivity contribution in [2.75, 3.05) is 23.4 Å². The number of nitrogens with one attached hydrogen (secondary N) is 1. The Kier molecular flexibility index (Phi) is 6.42. The van der Waals surface area contributed by atoms with Crippen molar-refractivity contribution < 1.29 is 9.90 Å². The quantitative estimate of drug-likeness (QED) is 0.565. The average Bonchev–Trinajstić information content (AvgIpc) is 2.38. The lowest BCUT2D eigenvalue weighted by Gasteiger charge is -2.11. The third-order valence-electron chi connectivity index (χ3n) is 2.47. The Morgan fingerprint density at radius 1 is 1.58 bits per heavy atom. The van der Waals surface area contributed by atoms with Gasteiger partial charge in [-0.25, -0.2) is 9.78 Å². The number of hydrogen-bond acceptors (Lipinski definition) is 4. The van der Waals surface area contributed by atoms with Gasteiger partial charge in [-0.3, -0.25) is 0 Å². The number of pyridine rings is 1. The third-order valence-corrected chi connectivity index (χ3v) is 3.44. The number of thioether (sulfide) groups is 1. The summed E-state index contributed by atoms with van der Waals surface area (Å²) in [6, 6.07) is 3.21. The summed E-state index contributed by atoms with van der Waals surface area (Å²) in [7, 11) is 0. The van der Waals surface area contributed by atoms with Crippen molar-refractivity contribution in [3.05, 3.63) is 36.0 Å². The van der Waals surface area contributed by atoms with Crippen molar-refractivity contribution >= 4 is 23.5 Å². The number of nitrogens with zero attached hydrogens (tertiary/aromatic N) is 1. The predicted octanol–water partition coefficient (Wildman–Crippen LogP) is 3.23. The van der Waals surface area contributed by atoms with E-state index in [4.69, 9.17) is 5.11 Å². The first-order valence-corrected chi connectivity index (χ1v) is 7.38. The smallest absolute Gasteiger partial charge is 0.335 e. The summed E-state index contributed by atoms with van der Waals surface area (Å²) in [6.07, 6.45) is 1.87. The highest BCUT2D eigenvalue weighted by atomic mass is 32.2. The van der Waals surface area contributed by atoms with Gasteiger partial charge in [0.25, 0.3) is 0 Å². The minimum atomic E-state index is -0.923. The van der Waals surface area contributed by atoms with E-state index in [2.05, 4.69) is 16.9 Å². The SMILES string of the molecule is C=CCSCCNc1cc(C(=O)O)cc(C(C)C)n1. The molecule has 0 saturated heterocycles. The fourth-order valence-corrected chi connectivity index (χ4v) is 2.06. The van der Waals surface area contributed by atoms with Gasteiger partial charge in [0.05, 0.1) is 5.56 Å². The summed E-state index contributed by atoms with van der Waals surface area (Å²) < 4.78 is 0. The minimum Gasteiger partial charge on any atom is -0.478 e. The molecule has 0 aromatic carbocycles. The van der Waals surface area contributed by atoms with Crippen molar-refractivity contribution in [2.24, 2.45) is 0 Å². The highest BCUT2D eigenvalue weighted by Crippen LogP contribution is 2.17. The molecule has 0 amide bonds. The Labute approximate surface area is 118 Å². The van der Waals surface area contributed by atoms with Crippen molar-refractivity contribution in [3.8, 4) is 0 Å². The normalized spacial score (nSPS) is 10.5. The zero-order chi connectivity index (χ0) is 14.3. The topological polar surface area (TPSA) is 62.2 Å². The average molecular weight is 280 g/mol. The molecule has 0 radical (unpaired) electrons. The van der Waals surface area contributed by atoms with Gasteiger partial charge in [-0.15, -0.1) is 6.58 Å². The van der Waals surface area contributed by atoms with Gasteiger partial charge in [-0.05, 0) is 18.1 Å². The van der Waals surface area contributed by atoms with Gasteiger partial charge in [-0.2, -0.15) is 11.8 Å². The molecule has 1 heterocycles. The zero-order valence-electron chi connectivity index (χ0n) is 11.3. The Morgan fingerprint density at radius 3 is 2.89 bits per heavy atom. The fraction of sp³-hybridized carbons (Fsp3) is 0.429. The second-order valence-electron chi connectivity index (χ2n) is 4.42. The Balaban J connectivity index is 2.70. The van der Waals surface area contributed by atoms with Crippen LogP contribution >= 0.6 is 11.8 Å². The number of rotatable bonds is 8. The van der Waals surface area contributed by atoms with Gasteiger partial charge in [-0.1, -0.05) is 19.9 Å². The van der Waals surface area contributed by atoms with Crippen LogP contribution in [-0.4, -0.2) is 34.1 Å². The first-order chi connectivity index (χ1) is 9.04. The molecule has 0 aliphatic rings. The predicted molar refractivity (Wildman–Crippen MR) is 81.3 cm³/mol. The summed E-state index contributed by atoms with van der Waals surface area (Å²) in [4.78, 5) is 15.5. The van der Waals surface area contributed by atoms with Gasteiger partial charge in [0.15, 0.2) is 0 Å². The highest BCUT2D eigenvalue weighted by molar-refractivity contribution is 7.99. The van der Waals surface area contributed by atoms with Crippen LogP contribution in [0.5, 0.6) is 0 Å². The lowest BCUT2D eigenvalue weighted by molar-refractivity contribution is 0.0696. The summed E-state index contributed by atoms with van der Waals surface area (Å²) in [5.41, 5.74) is 1.07. The molecule has 2 N–H and O–H groups in total. The highest BCUT2D eigenvalue weighted by Gasteiger charge is 2.10. The molecule has 0 atom stereocenters. The van der Waals surface area contributed by atoms with Crippen LogP contribution in [0.25, 0.3) is 0 Å². The molecule has 1 aromatic rings. The van der Waals surface area contributed by atoms with Crippen LogP contribution in [0, 0.1) is 0 Å². The lowest BCUT2D eigenvalue weighted by Crippen LogP contribution is -2.09. The van der Waals surface area contributed by atoms with E-state index in [1.807, 2.05) is 19.9 Å². The standard InChI is InChI=1S/C14H20N2O2S/c1-4-6-19-7-5-15-13-9-11(14(17)18)8-12(16-13)10(2)3/h4,8-10H,1,5-7H2,2-3H3,(H,15,16)(H,17,18). The number of anilines is 1. The van der Waals surface area contributed by atoms with Crippen LogP contribution in [0.15, 0.2) is 24.8 Å². The maximum absolute atomic E-state index is 11.1. The number of carboxylic acids is 1. The molecule has 5 heteroatoms. The van der Waals surface area contributed by atoms with Crippen molar-refractivity contribution in [1.29, 1.82) is 0 Å². The van der Waals surface area contributed by atoms with E-state index in [1.165, 1.54) is 0 Å². The molecule has 104 valence electrons. The lowest BCUT2D eigenvalue weighted by atomic mass is 10.1. The molecule has 0 fully saturated rings. The third kappa shape index (κ3) is 5.34. The summed E-state index contributed by atoms with van der Waals surface area (Å²) >= 11 is 1.77. The molecule has 1 rings (SSSR count). The maximum Gasteiger partial charge on any atom is 0.335 e. The van der Waals surface area contributed by atoms with Crippen LogP contribution in [0.1, 0.15) is 35.8 Å². The number of carboxylic acid groups (broad SMARTS) is 1. The molecule has 19 heavy (non-hydrogen) atoms. The molecule has 0 spiro atoms. The maximum atomic E-state index is 11.1. The second-order valence-corrected chi connectivity index (χ2v) is 5.57. The van der Waals surface area contributed by atoms with Gasteiger partial charge in [0, 0.05) is 23.7 Å². The van der Waals surface area contributed by atoms with E-state index in [1.54, 1.807) is 23.9 Å². The second kappa shape index (κ2) is 7.84. The molecule has 0 bridgehead atoms. The zero-order valence-corrected chi connectivity index (χ0v) is 12.2. The van der Waals surface area contributed by atoms with E-state index in [0.29, 0.717) is 5.82 Å². The van der Waals surface area contributed by atoms with Gasteiger partial charge < -0.3 is 10.4 Å². The van der Waals surface area contributed by atoms with Crippen LogP contribution in [0.2, 0.25) is 0 Å². The van der Waals surface area contributed by atoms with E-state index in [0.717, 1.165) is 23.7 Å². The van der Waals surface area contributed by atoms with E-state index in [9.17, 15) is 4.79 Å². The number of aromatic nitrogens is 1. The largest absolute Gasteiger partial charge is 0.478 e. The molecular formula is C14H20N2O2S. The van der Waals surface area contributed by atoms with Crippen LogP contribution in [0.4, 0.5) is 5.82 Å². The van der Waals surface area contributed by atoms with Crippen molar-refractivity contribution in [2.45, 2.75) is 19.8 Å². The molecule has 0 aliphatic carbocycles. The molecule has 1 aromatic heterocycles. The van der Waals surface area contributed by atoms with E-state index in [-0.39, 0.29) is 11.5 Å². The summed E-state index contributed by atoms with van der Waals surface area (Å²) in [6.45, 7) is 8.41. The van der Waals surface area contributed by atoms with Crippen LogP contribution < -0.4 is 5.32 Å². The molecule has 0 saturated carbocycles. The van der Waals surface area contributed by atoms with Gasteiger partial charge in [0.2, 0.25) is 0 Å². The van der Waals surface area contributed by atoms with Gasteiger partial charge >= 0.3 is 5.97 Å². The first-order valence-electron chi connectivity index (χ1n) is 6.22. The first kappa shape index (κ1) is 15.6. The minimum absolute atomic E-state index is 0.204. The van der Waals surface area contributed by atoms with Crippen LogP contribution in [-0.2, 0) is 0 Å². The molecular weight excluding hydrogens is 260 g/mol. The number of carbonyl (C=O) groups is 1. The number of hydrogen-bond donors (Lipinski definition) is 2. The Bertz CT molecular complexity index is 447. The Morgan fingerprint density at radius 2 is 2.32 bits per heavy atom. The van der Waals surface area contributed by atoms with E-state index < -0.39 is 5.97 Å². The summed E-state index contributed by atoms with van der Waals surface area (Å²) in [5, 5.41) is 12.3. The fourth-order valence-electron chi connectivity index (χ4n) is 1.48. The number of aromatic carboxylic acids is 1. The Hall–Kier alpha value is -1.49. The van der Waals surface area contributed by atoms with Crippen LogP contribution in [0.3, 0.4) is 0 Å². The molecule has 4 nitrogen and oxygen atoms in total. The summed E-state index contributed by atoms with van der Waals surface area (Å²) in [5.74, 6) is 1.76. The van der Waals surface area contributed by atoms with E-state index >= 15 is 0 Å². The van der Waals surface area contributed by atoms with Crippen molar-refractivity contribution in [1.82, 2.24) is 4.98 Å².